The Bertz CT molecular complexity index is 1610. The van der Waals surface area contributed by atoms with E-state index < -0.39 is 10.0 Å². The topological polar surface area (TPSA) is 132 Å². The normalized spacial score (nSPS) is 15.8. The number of rotatable bonds is 10. The van der Waals surface area contributed by atoms with Gasteiger partial charge in [-0.05, 0) is 68.4 Å². The van der Waals surface area contributed by atoms with Crippen LogP contribution in [0.1, 0.15) is 53.4 Å². The van der Waals surface area contributed by atoms with Crippen molar-refractivity contribution in [3.63, 3.8) is 0 Å². The van der Waals surface area contributed by atoms with Crippen molar-refractivity contribution in [2.24, 2.45) is 16.6 Å². The quantitative estimate of drug-likeness (QED) is 0.302. The maximum Gasteiger partial charge on any atom is 0.264 e. The molecule has 0 aromatic heterocycles. The lowest BCUT2D eigenvalue weighted by atomic mass is 9.96. The van der Waals surface area contributed by atoms with Crippen molar-refractivity contribution in [3.05, 3.63) is 95.1 Å². The van der Waals surface area contributed by atoms with E-state index in [1.54, 1.807) is 48.6 Å². The molecule has 1 aliphatic rings. The van der Waals surface area contributed by atoms with Crippen LogP contribution in [0.3, 0.4) is 0 Å². The summed E-state index contributed by atoms with van der Waals surface area (Å²) >= 11 is 0. The average Bonchev–Trinajstić information content (AvgIpc) is 3.26. The highest BCUT2D eigenvalue weighted by molar-refractivity contribution is 7.92. The number of nitriles is 1. The first-order valence-electron chi connectivity index (χ1n) is 14.3. The van der Waals surface area contributed by atoms with E-state index in [2.05, 4.69) is 39.5 Å². The Morgan fingerprint density at radius 3 is 2.47 bits per heavy atom. The standard InChI is InChI=1S/C33H38N6O3S/c1-4-7-27-8-5-9-30(32(27)36-3)43(41,42)37-29-16-14-28(15-17-29)33(40)39-19-6-18-38(20-21-39)23-25-10-12-26(13-11-25)31(35)24(2)22-34/h4-5,7-17,24,31,37H,3,6,18-21,23,35H2,1-2H3/b7-4-. The molecule has 2 unspecified atom stereocenters. The van der Waals surface area contributed by atoms with Crippen molar-refractivity contribution in [2.75, 3.05) is 30.9 Å². The first-order valence-corrected chi connectivity index (χ1v) is 15.8. The summed E-state index contributed by atoms with van der Waals surface area (Å²) in [6, 6.07) is 21.4. The van der Waals surface area contributed by atoms with Gasteiger partial charge in [-0.3, -0.25) is 19.4 Å². The molecule has 3 aromatic carbocycles. The van der Waals surface area contributed by atoms with Crippen molar-refractivity contribution in [3.8, 4) is 6.07 Å². The van der Waals surface area contributed by atoms with Gasteiger partial charge in [-0.25, -0.2) is 8.42 Å². The van der Waals surface area contributed by atoms with Crippen LogP contribution in [0.5, 0.6) is 0 Å². The smallest absolute Gasteiger partial charge is 0.264 e. The molecule has 1 amide bonds. The van der Waals surface area contributed by atoms with Crippen LogP contribution in [-0.4, -0.2) is 57.0 Å². The number of sulfonamides is 1. The SMILES string of the molecule is C=Nc1c(/C=C\C)cccc1S(=O)(=O)Nc1ccc(C(=O)N2CCCN(Cc3ccc(C(N)C(C)C#N)cc3)CC2)cc1. The summed E-state index contributed by atoms with van der Waals surface area (Å²) in [6.07, 6.45) is 4.43. The fraction of sp³-hybridized carbons (Fsp3) is 0.303. The number of hydrogen-bond donors (Lipinski definition) is 2. The van der Waals surface area contributed by atoms with Gasteiger partial charge in [-0.2, -0.15) is 5.26 Å². The number of hydrogen-bond acceptors (Lipinski definition) is 7. The van der Waals surface area contributed by atoms with E-state index in [-0.39, 0.29) is 28.4 Å². The van der Waals surface area contributed by atoms with Crippen LogP contribution in [0, 0.1) is 17.2 Å². The number of nitrogens with zero attached hydrogens (tertiary/aromatic N) is 4. The molecule has 0 saturated carbocycles. The van der Waals surface area contributed by atoms with Crippen molar-refractivity contribution >= 4 is 40.1 Å². The number of nitrogens with one attached hydrogen (secondary N) is 1. The molecule has 3 N–H and O–H groups in total. The largest absolute Gasteiger partial charge is 0.337 e. The molecule has 0 radical (unpaired) electrons. The molecule has 1 heterocycles. The van der Waals surface area contributed by atoms with Crippen LogP contribution in [-0.2, 0) is 16.6 Å². The van der Waals surface area contributed by atoms with Gasteiger partial charge in [0.1, 0.15) is 4.90 Å². The van der Waals surface area contributed by atoms with Gasteiger partial charge in [0.05, 0.1) is 17.7 Å². The van der Waals surface area contributed by atoms with Gasteiger partial charge < -0.3 is 10.6 Å². The molecular formula is C33H38N6O3S. The fourth-order valence-corrected chi connectivity index (χ4v) is 6.37. The predicted octanol–water partition coefficient (Wildman–Crippen LogP) is 5.36. The number of carbonyl (C=O) groups is 1. The molecule has 9 nitrogen and oxygen atoms in total. The van der Waals surface area contributed by atoms with Crippen LogP contribution in [0.15, 0.2) is 82.7 Å². The number of anilines is 1. The van der Waals surface area contributed by atoms with Gasteiger partial charge in [0.15, 0.2) is 0 Å². The number of nitrogens with two attached hydrogens (primary N) is 1. The third kappa shape index (κ3) is 7.76. The van der Waals surface area contributed by atoms with Crippen molar-refractivity contribution < 1.29 is 13.2 Å². The van der Waals surface area contributed by atoms with Gasteiger partial charge in [0.25, 0.3) is 15.9 Å². The van der Waals surface area contributed by atoms with Crippen LogP contribution in [0.4, 0.5) is 11.4 Å². The van der Waals surface area contributed by atoms with E-state index in [1.807, 2.05) is 30.9 Å². The highest BCUT2D eigenvalue weighted by Gasteiger charge is 2.23. The van der Waals surface area contributed by atoms with E-state index in [0.717, 1.165) is 37.2 Å². The Balaban J connectivity index is 1.36. The second kappa shape index (κ2) is 14.2. The van der Waals surface area contributed by atoms with Crippen LogP contribution < -0.4 is 10.5 Å². The zero-order valence-electron chi connectivity index (χ0n) is 24.6. The number of amides is 1. The Hall–Kier alpha value is -4.30. The first kappa shape index (κ1) is 31.6. The molecule has 2 atom stereocenters. The third-order valence-corrected chi connectivity index (χ3v) is 9.01. The van der Waals surface area contributed by atoms with E-state index >= 15 is 0 Å². The van der Waals surface area contributed by atoms with E-state index in [4.69, 9.17) is 11.0 Å². The first-order chi connectivity index (χ1) is 20.7. The van der Waals surface area contributed by atoms with Gasteiger partial charge >= 0.3 is 0 Å². The van der Waals surface area contributed by atoms with Crippen LogP contribution in [0.2, 0.25) is 0 Å². The summed E-state index contributed by atoms with van der Waals surface area (Å²) in [5.41, 5.74) is 10.1. The lowest BCUT2D eigenvalue weighted by molar-refractivity contribution is 0.0761. The summed E-state index contributed by atoms with van der Waals surface area (Å²) < 4.78 is 28.9. The Morgan fingerprint density at radius 2 is 1.81 bits per heavy atom. The van der Waals surface area contributed by atoms with Crippen LogP contribution >= 0.6 is 0 Å². The van der Waals surface area contributed by atoms with Gasteiger partial charge in [-0.1, -0.05) is 48.6 Å². The van der Waals surface area contributed by atoms with E-state index in [1.165, 1.54) is 6.07 Å². The maximum absolute atomic E-state index is 13.3. The lowest BCUT2D eigenvalue weighted by Crippen LogP contribution is -2.35. The number of carbonyl (C=O) groups excluding carboxylic acids is 1. The molecule has 3 aromatic rings. The maximum atomic E-state index is 13.3. The minimum atomic E-state index is -3.94. The van der Waals surface area contributed by atoms with Crippen molar-refractivity contribution in [2.45, 2.75) is 37.8 Å². The molecule has 1 aliphatic heterocycles. The Labute approximate surface area is 254 Å². The molecular weight excluding hydrogens is 560 g/mol. The summed E-state index contributed by atoms with van der Waals surface area (Å²) in [5.74, 6) is -0.340. The number of allylic oxidation sites excluding steroid dienone is 1. The fourth-order valence-electron chi connectivity index (χ4n) is 5.12. The third-order valence-electron chi connectivity index (χ3n) is 7.60. The second-order valence-corrected chi connectivity index (χ2v) is 12.3. The summed E-state index contributed by atoms with van der Waals surface area (Å²) in [4.78, 5) is 21.5. The molecule has 4 rings (SSSR count). The molecule has 10 heteroatoms. The minimum Gasteiger partial charge on any atom is -0.337 e. The van der Waals surface area contributed by atoms with E-state index in [0.29, 0.717) is 29.9 Å². The summed E-state index contributed by atoms with van der Waals surface area (Å²) in [5, 5.41) is 9.13. The summed E-state index contributed by atoms with van der Waals surface area (Å²) in [7, 11) is -3.94. The second-order valence-electron chi connectivity index (χ2n) is 10.6. The van der Waals surface area contributed by atoms with E-state index in [9.17, 15) is 13.2 Å². The monoisotopic (exact) mass is 598 g/mol. The Morgan fingerprint density at radius 1 is 1.09 bits per heavy atom. The minimum absolute atomic E-state index is 0.0282. The highest BCUT2D eigenvalue weighted by Crippen LogP contribution is 2.31. The highest BCUT2D eigenvalue weighted by atomic mass is 32.2. The number of benzene rings is 3. The summed E-state index contributed by atoms with van der Waals surface area (Å²) in [6.45, 7) is 10.8. The van der Waals surface area contributed by atoms with Gasteiger partial charge in [0, 0.05) is 55.6 Å². The lowest BCUT2D eigenvalue weighted by Gasteiger charge is -2.22. The Kier molecular flexibility index (Phi) is 10.5. The molecule has 43 heavy (non-hydrogen) atoms. The van der Waals surface area contributed by atoms with Crippen molar-refractivity contribution in [1.82, 2.24) is 9.80 Å². The molecule has 1 saturated heterocycles. The zero-order valence-corrected chi connectivity index (χ0v) is 25.4. The predicted molar refractivity (Wildman–Crippen MR) is 172 cm³/mol. The molecule has 1 fully saturated rings. The van der Waals surface area contributed by atoms with Gasteiger partial charge in [0.2, 0.25) is 0 Å². The molecule has 0 spiro atoms. The zero-order chi connectivity index (χ0) is 31.0. The molecule has 0 bridgehead atoms. The number of aliphatic imine (C=N–C) groups is 1. The number of para-hydroxylation sites is 1. The average molecular weight is 599 g/mol. The van der Waals surface area contributed by atoms with Crippen molar-refractivity contribution in [1.29, 1.82) is 5.26 Å². The van der Waals surface area contributed by atoms with Gasteiger partial charge in [-0.15, -0.1) is 0 Å². The molecule has 224 valence electrons. The van der Waals surface area contributed by atoms with Crippen LogP contribution in [0.25, 0.3) is 6.08 Å². The molecule has 0 aliphatic carbocycles.